The predicted octanol–water partition coefficient (Wildman–Crippen LogP) is 4.64. The van der Waals surface area contributed by atoms with Crippen molar-refractivity contribution in [2.24, 2.45) is 0 Å². The molecular weight excluding hydrogens is 310 g/mol. The van der Waals surface area contributed by atoms with E-state index in [0.717, 1.165) is 41.1 Å². The molecule has 0 aliphatic heterocycles. The van der Waals surface area contributed by atoms with Crippen LogP contribution in [0.15, 0.2) is 54.6 Å². The van der Waals surface area contributed by atoms with E-state index in [9.17, 15) is 4.79 Å². The molecule has 3 aromatic rings. The molecule has 1 N–H and O–H groups in total. The molecule has 0 bridgehead atoms. The van der Waals surface area contributed by atoms with E-state index in [0.29, 0.717) is 5.56 Å². The third kappa shape index (κ3) is 3.63. The monoisotopic (exact) mass is 333 g/mol. The molecule has 0 fully saturated rings. The van der Waals surface area contributed by atoms with Crippen molar-refractivity contribution in [1.29, 1.82) is 0 Å². The van der Waals surface area contributed by atoms with Gasteiger partial charge >= 0.3 is 0 Å². The van der Waals surface area contributed by atoms with E-state index in [2.05, 4.69) is 29.0 Å². The number of nitrogens with zero attached hydrogens (tertiary/aromatic N) is 2. The first-order valence-electron chi connectivity index (χ1n) is 8.65. The standard InChI is InChI=1S/C21H23N3O/c1-4-24(5-2)17-12-10-16(11-13-17)23-21(25)19-14-15(3)22-20-9-7-6-8-18(19)20/h6-14H,4-5H2,1-3H3,(H,23,25). The van der Waals surface area contributed by atoms with E-state index in [4.69, 9.17) is 0 Å². The number of pyridine rings is 1. The second-order valence-corrected chi connectivity index (χ2v) is 6.00. The Labute approximate surface area is 148 Å². The molecule has 3 rings (SSSR count). The van der Waals surface area contributed by atoms with Gasteiger partial charge in [0.1, 0.15) is 0 Å². The van der Waals surface area contributed by atoms with Gasteiger partial charge in [0.15, 0.2) is 0 Å². The summed E-state index contributed by atoms with van der Waals surface area (Å²) in [4.78, 5) is 19.5. The molecule has 0 unspecified atom stereocenters. The average Bonchev–Trinajstić information content (AvgIpc) is 2.63. The Balaban J connectivity index is 1.85. The van der Waals surface area contributed by atoms with Gasteiger partial charge in [-0.1, -0.05) is 18.2 Å². The van der Waals surface area contributed by atoms with Crippen LogP contribution in [-0.4, -0.2) is 24.0 Å². The molecule has 1 heterocycles. The zero-order valence-electron chi connectivity index (χ0n) is 14.9. The number of hydrogen-bond acceptors (Lipinski definition) is 3. The number of aryl methyl sites for hydroxylation is 1. The van der Waals surface area contributed by atoms with Crippen LogP contribution in [0.4, 0.5) is 11.4 Å². The van der Waals surface area contributed by atoms with E-state index in [-0.39, 0.29) is 5.91 Å². The van der Waals surface area contributed by atoms with Gasteiger partial charge in [-0.25, -0.2) is 0 Å². The lowest BCUT2D eigenvalue weighted by Crippen LogP contribution is -2.21. The summed E-state index contributed by atoms with van der Waals surface area (Å²) in [5.74, 6) is -0.114. The second kappa shape index (κ2) is 7.34. The molecule has 4 nitrogen and oxygen atoms in total. The minimum absolute atomic E-state index is 0.114. The highest BCUT2D eigenvalue weighted by atomic mass is 16.1. The Morgan fingerprint density at radius 1 is 1.04 bits per heavy atom. The Bertz CT molecular complexity index is 883. The van der Waals surface area contributed by atoms with Crippen LogP contribution in [0.1, 0.15) is 29.9 Å². The maximum Gasteiger partial charge on any atom is 0.256 e. The maximum absolute atomic E-state index is 12.8. The minimum Gasteiger partial charge on any atom is -0.372 e. The minimum atomic E-state index is -0.114. The van der Waals surface area contributed by atoms with Crippen molar-refractivity contribution >= 4 is 28.2 Å². The van der Waals surface area contributed by atoms with Gasteiger partial charge in [-0.05, 0) is 57.2 Å². The van der Waals surface area contributed by atoms with E-state index in [1.165, 1.54) is 0 Å². The van der Waals surface area contributed by atoms with E-state index in [1.54, 1.807) is 0 Å². The first-order valence-corrected chi connectivity index (χ1v) is 8.65. The molecule has 2 aromatic carbocycles. The fourth-order valence-electron chi connectivity index (χ4n) is 3.04. The summed E-state index contributed by atoms with van der Waals surface area (Å²) < 4.78 is 0. The van der Waals surface area contributed by atoms with Crippen molar-refractivity contribution in [2.75, 3.05) is 23.3 Å². The van der Waals surface area contributed by atoms with Crippen molar-refractivity contribution in [3.05, 3.63) is 65.9 Å². The summed E-state index contributed by atoms with van der Waals surface area (Å²) in [5, 5.41) is 3.86. The Hall–Kier alpha value is -2.88. The van der Waals surface area contributed by atoms with Gasteiger partial charge in [0, 0.05) is 35.5 Å². The highest BCUT2D eigenvalue weighted by Crippen LogP contribution is 2.21. The number of amides is 1. The normalized spacial score (nSPS) is 10.7. The second-order valence-electron chi connectivity index (χ2n) is 6.00. The fourth-order valence-corrected chi connectivity index (χ4v) is 3.04. The van der Waals surface area contributed by atoms with Gasteiger partial charge in [-0.2, -0.15) is 0 Å². The lowest BCUT2D eigenvalue weighted by Gasteiger charge is -2.21. The quantitative estimate of drug-likeness (QED) is 0.740. The van der Waals surface area contributed by atoms with Gasteiger partial charge in [-0.15, -0.1) is 0 Å². The molecule has 25 heavy (non-hydrogen) atoms. The van der Waals surface area contributed by atoms with Gasteiger partial charge in [-0.3, -0.25) is 9.78 Å². The molecule has 0 saturated heterocycles. The highest BCUT2D eigenvalue weighted by Gasteiger charge is 2.12. The van der Waals surface area contributed by atoms with Crippen molar-refractivity contribution < 1.29 is 4.79 Å². The number of anilines is 2. The third-order valence-electron chi connectivity index (χ3n) is 4.34. The molecule has 1 amide bonds. The molecule has 4 heteroatoms. The number of nitrogens with one attached hydrogen (secondary N) is 1. The smallest absolute Gasteiger partial charge is 0.256 e. The largest absolute Gasteiger partial charge is 0.372 e. The Morgan fingerprint density at radius 2 is 1.72 bits per heavy atom. The van der Waals surface area contributed by atoms with E-state index in [1.807, 2.05) is 61.5 Å². The molecule has 0 aliphatic rings. The van der Waals surface area contributed by atoms with Crippen LogP contribution in [-0.2, 0) is 0 Å². The molecular formula is C21H23N3O. The fraction of sp³-hybridized carbons (Fsp3) is 0.238. The number of benzene rings is 2. The first kappa shape index (κ1) is 17.0. The lowest BCUT2D eigenvalue weighted by molar-refractivity contribution is 0.102. The van der Waals surface area contributed by atoms with Crippen LogP contribution in [0.5, 0.6) is 0 Å². The van der Waals surface area contributed by atoms with Crippen LogP contribution in [0.2, 0.25) is 0 Å². The number of aromatic nitrogens is 1. The molecule has 128 valence electrons. The maximum atomic E-state index is 12.8. The number of para-hydroxylation sites is 1. The van der Waals surface area contributed by atoms with Crippen molar-refractivity contribution in [2.45, 2.75) is 20.8 Å². The number of carbonyl (C=O) groups excluding carboxylic acids is 1. The number of fused-ring (bicyclic) bond motifs is 1. The van der Waals surface area contributed by atoms with Crippen molar-refractivity contribution in [3.63, 3.8) is 0 Å². The summed E-state index contributed by atoms with van der Waals surface area (Å²) in [6, 6.07) is 17.5. The van der Waals surface area contributed by atoms with Gasteiger partial charge < -0.3 is 10.2 Å². The average molecular weight is 333 g/mol. The molecule has 0 saturated carbocycles. The summed E-state index contributed by atoms with van der Waals surface area (Å²) >= 11 is 0. The molecule has 1 aromatic heterocycles. The topological polar surface area (TPSA) is 45.2 Å². The lowest BCUT2D eigenvalue weighted by atomic mass is 10.1. The molecule has 0 spiro atoms. The number of carbonyl (C=O) groups is 1. The summed E-state index contributed by atoms with van der Waals surface area (Å²) in [5.41, 5.74) is 4.27. The summed E-state index contributed by atoms with van der Waals surface area (Å²) in [7, 11) is 0. The van der Waals surface area contributed by atoms with Crippen molar-refractivity contribution in [1.82, 2.24) is 4.98 Å². The van der Waals surface area contributed by atoms with Crippen LogP contribution in [0, 0.1) is 6.92 Å². The number of hydrogen-bond donors (Lipinski definition) is 1. The Morgan fingerprint density at radius 3 is 2.40 bits per heavy atom. The van der Waals surface area contributed by atoms with E-state index < -0.39 is 0 Å². The first-order chi connectivity index (χ1) is 12.1. The van der Waals surface area contributed by atoms with Gasteiger partial charge in [0.2, 0.25) is 0 Å². The van der Waals surface area contributed by atoms with Crippen LogP contribution < -0.4 is 10.2 Å². The van der Waals surface area contributed by atoms with E-state index >= 15 is 0 Å². The number of rotatable bonds is 5. The molecule has 0 radical (unpaired) electrons. The highest BCUT2D eigenvalue weighted by molar-refractivity contribution is 6.12. The summed E-state index contributed by atoms with van der Waals surface area (Å²) in [6.07, 6.45) is 0. The van der Waals surface area contributed by atoms with Gasteiger partial charge in [0.05, 0.1) is 11.1 Å². The molecule has 0 atom stereocenters. The summed E-state index contributed by atoms with van der Waals surface area (Å²) in [6.45, 7) is 8.10. The van der Waals surface area contributed by atoms with Crippen LogP contribution in [0.3, 0.4) is 0 Å². The SMILES string of the molecule is CCN(CC)c1ccc(NC(=O)c2cc(C)nc3ccccc23)cc1. The van der Waals surface area contributed by atoms with Crippen LogP contribution in [0.25, 0.3) is 10.9 Å². The van der Waals surface area contributed by atoms with Crippen molar-refractivity contribution in [3.8, 4) is 0 Å². The third-order valence-corrected chi connectivity index (χ3v) is 4.34. The Kier molecular flexibility index (Phi) is 4.98. The predicted molar refractivity (Wildman–Crippen MR) is 104 cm³/mol. The molecule has 0 aliphatic carbocycles. The zero-order valence-corrected chi connectivity index (χ0v) is 14.9. The zero-order chi connectivity index (χ0) is 17.8. The van der Waals surface area contributed by atoms with Crippen LogP contribution >= 0.6 is 0 Å². The van der Waals surface area contributed by atoms with Gasteiger partial charge in [0.25, 0.3) is 5.91 Å².